The lowest BCUT2D eigenvalue weighted by Crippen LogP contribution is -2.44. The summed E-state index contributed by atoms with van der Waals surface area (Å²) in [6, 6.07) is 7.00. The van der Waals surface area contributed by atoms with Crippen LogP contribution in [0.15, 0.2) is 24.3 Å². The number of carbonyl (C=O) groups is 1. The van der Waals surface area contributed by atoms with Crippen LogP contribution in [0.4, 0.5) is 4.39 Å². The van der Waals surface area contributed by atoms with Crippen LogP contribution in [0.2, 0.25) is 0 Å². The number of benzene rings is 1. The molecule has 1 fully saturated rings. The zero-order valence-corrected chi connectivity index (χ0v) is 15.8. The SMILES string of the molecule is Cc1cc(-c2cc(C(=O)NCC(C)N3CCCCC3)nn2C)ccc1F. The zero-order valence-electron chi connectivity index (χ0n) is 15.8. The molecule has 2 heterocycles. The van der Waals surface area contributed by atoms with Crippen LogP contribution in [0, 0.1) is 12.7 Å². The van der Waals surface area contributed by atoms with Crippen molar-refractivity contribution in [3.63, 3.8) is 0 Å². The van der Waals surface area contributed by atoms with E-state index >= 15 is 0 Å². The van der Waals surface area contributed by atoms with Crippen molar-refractivity contribution in [2.75, 3.05) is 19.6 Å². The number of nitrogens with zero attached hydrogens (tertiary/aromatic N) is 3. The predicted octanol–water partition coefficient (Wildman–Crippen LogP) is 3.14. The van der Waals surface area contributed by atoms with Gasteiger partial charge in [-0.05, 0) is 69.6 Å². The highest BCUT2D eigenvalue weighted by molar-refractivity contribution is 5.93. The minimum absolute atomic E-state index is 0.172. The maximum Gasteiger partial charge on any atom is 0.271 e. The summed E-state index contributed by atoms with van der Waals surface area (Å²) in [5.41, 5.74) is 2.60. The molecule has 140 valence electrons. The van der Waals surface area contributed by atoms with E-state index in [0.717, 1.165) is 24.3 Å². The van der Waals surface area contributed by atoms with E-state index in [2.05, 4.69) is 22.2 Å². The second kappa shape index (κ2) is 7.99. The van der Waals surface area contributed by atoms with E-state index in [9.17, 15) is 9.18 Å². The second-order valence-electron chi connectivity index (χ2n) is 7.16. The first-order chi connectivity index (χ1) is 12.5. The standard InChI is InChI=1S/C20H27FN4O/c1-14-11-16(7-8-17(14)21)19-12-18(23-24(19)3)20(26)22-13-15(2)25-9-5-4-6-10-25/h7-8,11-12,15H,4-6,9-10,13H2,1-3H3,(H,22,26). The number of piperidine rings is 1. The van der Waals surface area contributed by atoms with Crippen LogP contribution in [0.25, 0.3) is 11.3 Å². The van der Waals surface area contributed by atoms with Gasteiger partial charge in [0.15, 0.2) is 5.69 Å². The van der Waals surface area contributed by atoms with Gasteiger partial charge in [-0.1, -0.05) is 6.42 Å². The molecule has 0 saturated carbocycles. The number of aryl methyl sites for hydroxylation is 2. The Bertz CT molecular complexity index is 780. The van der Waals surface area contributed by atoms with E-state index < -0.39 is 0 Å². The van der Waals surface area contributed by atoms with Gasteiger partial charge < -0.3 is 5.32 Å². The molecule has 1 saturated heterocycles. The van der Waals surface area contributed by atoms with Gasteiger partial charge in [-0.2, -0.15) is 5.10 Å². The smallest absolute Gasteiger partial charge is 0.271 e. The number of hydrogen-bond acceptors (Lipinski definition) is 3. The molecule has 1 unspecified atom stereocenters. The zero-order chi connectivity index (χ0) is 18.7. The molecular weight excluding hydrogens is 331 g/mol. The minimum Gasteiger partial charge on any atom is -0.349 e. The Morgan fingerprint density at radius 1 is 1.27 bits per heavy atom. The van der Waals surface area contributed by atoms with Crippen LogP contribution in [0.3, 0.4) is 0 Å². The maximum absolute atomic E-state index is 13.5. The third kappa shape index (κ3) is 4.12. The number of hydrogen-bond donors (Lipinski definition) is 1. The van der Waals surface area contributed by atoms with Crippen molar-refractivity contribution in [1.29, 1.82) is 0 Å². The Morgan fingerprint density at radius 3 is 2.69 bits per heavy atom. The molecule has 1 aromatic heterocycles. The van der Waals surface area contributed by atoms with Crippen molar-refractivity contribution in [2.45, 2.75) is 39.2 Å². The Balaban J connectivity index is 1.65. The first-order valence-electron chi connectivity index (χ1n) is 9.28. The fraction of sp³-hybridized carbons (Fsp3) is 0.500. The summed E-state index contributed by atoms with van der Waals surface area (Å²) in [6.07, 6.45) is 3.77. The summed E-state index contributed by atoms with van der Waals surface area (Å²) >= 11 is 0. The number of carbonyl (C=O) groups excluding carboxylic acids is 1. The summed E-state index contributed by atoms with van der Waals surface area (Å²) in [4.78, 5) is 14.9. The first-order valence-corrected chi connectivity index (χ1v) is 9.28. The second-order valence-corrected chi connectivity index (χ2v) is 7.16. The van der Waals surface area contributed by atoms with Crippen molar-refractivity contribution in [3.05, 3.63) is 41.3 Å². The van der Waals surface area contributed by atoms with Gasteiger partial charge in [-0.15, -0.1) is 0 Å². The normalized spacial score (nSPS) is 16.5. The lowest BCUT2D eigenvalue weighted by molar-refractivity contribution is 0.0924. The van der Waals surface area contributed by atoms with E-state index in [4.69, 9.17) is 0 Å². The highest BCUT2D eigenvalue weighted by atomic mass is 19.1. The molecule has 1 aliphatic rings. The highest BCUT2D eigenvalue weighted by Gasteiger charge is 2.19. The van der Waals surface area contributed by atoms with Gasteiger partial charge in [0.1, 0.15) is 5.82 Å². The van der Waals surface area contributed by atoms with Gasteiger partial charge >= 0.3 is 0 Å². The topological polar surface area (TPSA) is 50.2 Å². The molecule has 5 nitrogen and oxygen atoms in total. The highest BCUT2D eigenvalue weighted by Crippen LogP contribution is 2.22. The molecule has 1 atom stereocenters. The molecule has 0 spiro atoms. The van der Waals surface area contributed by atoms with Gasteiger partial charge in [0, 0.05) is 25.2 Å². The van der Waals surface area contributed by atoms with Gasteiger partial charge in [0.2, 0.25) is 0 Å². The molecule has 0 aliphatic carbocycles. The molecule has 1 amide bonds. The molecule has 26 heavy (non-hydrogen) atoms. The van der Waals surface area contributed by atoms with Gasteiger partial charge in [0.25, 0.3) is 5.91 Å². The number of nitrogens with one attached hydrogen (secondary N) is 1. The van der Waals surface area contributed by atoms with Crippen LogP contribution in [0.5, 0.6) is 0 Å². The number of aromatic nitrogens is 2. The lowest BCUT2D eigenvalue weighted by Gasteiger charge is -2.32. The molecule has 1 aromatic carbocycles. The molecule has 6 heteroatoms. The molecule has 1 N–H and O–H groups in total. The van der Waals surface area contributed by atoms with Crippen LogP contribution >= 0.6 is 0 Å². The van der Waals surface area contributed by atoms with Crippen molar-refractivity contribution < 1.29 is 9.18 Å². The maximum atomic E-state index is 13.5. The summed E-state index contributed by atoms with van der Waals surface area (Å²) in [7, 11) is 1.79. The molecule has 0 radical (unpaired) electrons. The van der Waals surface area contributed by atoms with Crippen molar-refractivity contribution >= 4 is 5.91 Å². The third-order valence-corrected chi connectivity index (χ3v) is 5.14. The molecule has 2 aromatic rings. The summed E-state index contributed by atoms with van der Waals surface area (Å²) in [5.74, 6) is -0.407. The Kier molecular flexibility index (Phi) is 5.71. The molecule has 0 bridgehead atoms. The average Bonchev–Trinajstić information content (AvgIpc) is 3.04. The fourth-order valence-corrected chi connectivity index (χ4v) is 3.47. The lowest BCUT2D eigenvalue weighted by atomic mass is 10.1. The van der Waals surface area contributed by atoms with Gasteiger partial charge in [0.05, 0.1) is 5.69 Å². The molecular formula is C20H27FN4O. The molecule has 1 aliphatic heterocycles. The van der Waals surface area contributed by atoms with Crippen LogP contribution in [-0.2, 0) is 7.05 Å². The average molecular weight is 358 g/mol. The van der Waals surface area contributed by atoms with Gasteiger partial charge in [-0.25, -0.2) is 4.39 Å². The summed E-state index contributed by atoms with van der Waals surface area (Å²) in [6.45, 7) is 6.70. The van der Waals surface area contributed by atoms with Crippen LogP contribution in [0.1, 0.15) is 42.2 Å². The molecule has 3 rings (SSSR count). The van der Waals surface area contributed by atoms with Crippen LogP contribution < -0.4 is 5.32 Å². The third-order valence-electron chi connectivity index (χ3n) is 5.14. The van der Waals surface area contributed by atoms with Crippen LogP contribution in [-0.4, -0.2) is 46.3 Å². The predicted molar refractivity (Wildman–Crippen MR) is 101 cm³/mol. The summed E-state index contributed by atoms with van der Waals surface area (Å²) < 4.78 is 15.1. The largest absolute Gasteiger partial charge is 0.349 e. The Labute approximate surface area is 154 Å². The first kappa shape index (κ1) is 18.6. The fourth-order valence-electron chi connectivity index (χ4n) is 3.47. The number of halogens is 1. The Hall–Kier alpha value is -2.21. The van der Waals surface area contributed by atoms with E-state index in [0.29, 0.717) is 23.8 Å². The van der Waals surface area contributed by atoms with Crippen molar-refractivity contribution in [3.8, 4) is 11.3 Å². The minimum atomic E-state index is -0.236. The number of likely N-dealkylation sites (tertiary alicyclic amines) is 1. The monoisotopic (exact) mass is 358 g/mol. The van der Waals surface area contributed by atoms with E-state index in [1.165, 1.54) is 25.3 Å². The van der Waals surface area contributed by atoms with Gasteiger partial charge in [-0.3, -0.25) is 14.4 Å². The van der Waals surface area contributed by atoms with Crippen molar-refractivity contribution in [1.82, 2.24) is 20.0 Å². The van der Waals surface area contributed by atoms with E-state index in [-0.39, 0.29) is 11.7 Å². The summed E-state index contributed by atoms with van der Waals surface area (Å²) in [5, 5.41) is 7.32. The number of amides is 1. The van der Waals surface area contributed by atoms with E-state index in [1.807, 2.05) is 0 Å². The Morgan fingerprint density at radius 2 is 2.00 bits per heavy atom. The number of rotatable bonds is 5. The van der Waals surface area contributed by atoms with E-state index in [1.54, 1.807) is 36.9 Å². The quantitative estimate of drug-likeness (QED) is 0.893. The van der Waals surface area contributed by atoms with Crippen molar-refractivity contribution in [2.24, 2.45) is 7.05 Å².